The monoisotopic (exact) mass is 288 g/mol. The van der Waals surface area contributed by atoms with Gasteiger partial charge in [0.1, 0.15) is 5.75 Å². The van der Waals surface area contributed by atoms with E-state index in [9.17, 15) is 0 Å². The fraction of sp³-hybridized carbons (Fsp3) is 0.667. The molecule has 21 heavy (non-hydrogen) atoms. The van der Waals surface area contributed by atoms with Crippen LogP contribution in [0.1, 0.15) is 50.3 Å². The summed E-state index contributed by atoms with van der Waals surface area (Å²) >= 11 is 0. The number of hydrogen-bond donors (Lipinski definition) is 1. The zero-order valence-corrected chi connectivity index (χ0v) is 13.6. The third kappa shape index (κ3) is 2.95. The highest BCUT2D eigenvalue weighted by atomic mass is 16.5. The van der Waals surface area contributed by atoms with Crippen LogP contribution in [0.5, 0.6) is 5.75 Å². The molecule has 2 atom stereocenters. The van der Waals surface area contributed by atoms with E-state index < -0.39 is 0 Å². The molecular weight excluding hydrogens is 260 g/mol. The number of fused-ring (bicyclic) bond motifs is 1. The molecule has 2 aliphatic rings. The van der Waals surface area contributed by atoms with Crippen LogP contribution >= 0.6 is 0 Å². The van der Waals surface area contributed by atoms with E-state index in [1.165, 1.54) is 36.8 Å². The summed E-state index contributed by atoms with van der Waals surface area (Å²) in [5.74, 6) is 0.979. The van der Waals surface area contributed by atoms with Crippen LogP contribution < -0.4 is 10.1 Å². The SMILES string of the molecule is CCCNC1c2cc(OC)ccc2CC1N(CC)C1CC1. The van der Waals surface area contributed by atoms with Crippen molar-refractivity contribution in [1.29, 1.82) is 0 Å². The van der Waals surface area contributed by atoms with Crippen LogP contribution in [0.25, 0.3) is 0 Å². The van der Waals surface area contributed by atoms with E-state index in [-0.39, 0.29) is 0 Å². The largest absolute Gasteiger partial charge is 0.497 e. The van der Waals surface area contributed by atoms with Gasteiger partial charge < -0.3 is 10.1 Å². The van der Waals surface area contributed by atoms with Gasteiger partial charge in [-0.2, -0.15) is 0 Å². The predicted molar refractivity (Wildman–Crippen MR) is 86.9 cm³/mol. The molecule has 2 aliphatic carbocycles. The van der Waals surface area contributed by atoms with Gasteiger partial charge in [0, 0.05) is 18.1 Å². The summed E-state index contributed by atoms with van der Waals surface area (Å²) in [7, 11) is 1.76. The van der Waals surface area contributed by atoms with Crippen molar-refractivity contribution in [3.8, 4) is 5.75 Å². The number of nitrogens with zero attached hydrogens (tertiary/aromatic N) is 1. The smallest absolute Gasteiger partial charge is 0.119 e. The molecule has 3 nitrogen and oxygen atoms in total. The zero-order chi connectivity index (χ0) is 14.8. The van der Waals surface area contributed by atoms with Gasteiger partial charge in [-0.15, -0.1) is 0 Å². The van der Waals surface area contributed by atoms with E-state index in [2.05, 4.69) is 42.3 Å². The van der Waals surface area contributed by atoms with Gasteiger partial charge in [0.2, 0.25) is 0 Å². The fourth-order valence-electron chi connectivity index (χ4n) is 3.75. The summed E-state index contributed by atoms with van der Waals surface area (Å²) in [4.78, 5) is 2.72. The quantitative estimate of drug-likeness (QED) is 0.834. The van der Waals surface area contributed by atoms with Gasteiger partial charge in [-0.3, -0.25) is 4.90 Å². The lowest BCUT2D eigenvalue weighted by Gasteiger charge is -2.33. The third-order valence-corrected chi connectivity index (χ3v) is 4.92. The maximum atomic E-state index is 5.43. The van der Waals surface area contributed by atoms with Crippen molar-refractivity contribution in [2.24, 2.45) is 0 Å². The Kier molecular flexibility index (Phi) is 4.51. The summed E-state index contributed by atoms with van der Waals surface area (Å²) in [5.41, 5.74) is 2.94. The molecule has 1 fully saturated rings. The Morgan fingerprint density at radius 3 is 2.71 bits per heavy atom. The second kappa shape index (κ2) is 6.37. The van der Waals surface area contributed by atoms with Crippen LogP contribution in [0.2, 0.25) is 0 Å². The molecule has 0 bridgehead atoms. The first kappa shape index (κ1) is 14.9. The lowest BCUT2D eigenvalue weighted by atomic mass is 10.1. The van der Waals surface area contributed by atoms with Crippen molar-refractivity contribution in [2.45, 2.75) is 57.7 Å². The summed E-state index contributed by atoms with van der Waals surface area (Å²) in [6, 6.07) is 8.48. The minimum absolute atomic E-state index is 0.454. The number of ether oxygens (including phenoxy) is 1. The molecule has 0 aliphatic heterocycles. The zero-order valence-electron chi connectivity index (χ0n) is 13.6. The molecular formula is C18H28N2O. The molecule has 0 heterocycles. The molecule has 0 radical (unpaired) electrons. The Morgan fingerprint density at radius 2 is 2.10 bits per heavy atom. The van der Waals surface area contributed by atoms with Gasteiger partial charge in [0.15, 0.2) is 0 Å². The van der Waals surface area contributed by atoms with Crippen LogP contribution in [0.4, 0.5) is 0 Å². The van der Waals surface area contributed by atoms with Crippen molar-refractivity contribution in [2.75, 3.05) is 20.2 Å². The van der Waals surface area contributed by atoms with Gasteiger partial charge in [0.05, 0.1) is 7.11 Å². The Bertz CT molecular complexity index is 484. The van der Waals surface area contributed by atoms with Gasteiger partial charge in [0.25, 0.3) is 0 Å². The number of rotatable bonds is 7. The van der Waals surface area contributed by atoms with E-state index in [4.69, 9.17) is 4.74 Å². The molecule has 3 heteroatoms. The van der Waals surface area contributed by atoms with Crippen LogP contribution in [0.15, 0.2) is 18.2 Å². The predicted octanol–water partition coefficient (Wildman–Crippen LogP) is 3.14. The van der Waals surface area contributed by atoms with Crippen molar-refractivity contribution < 1.29 is 4.74 Å². The third-order valence-electron chi connectivity index (χ3n) is 4.92. The molecule has 116 valence electrons. The van der Waals surface area contributed by atoms with E-state index in [1.807, 2.05) is 0 Å². The van der Waals surface area contributed by atoms with Crippen molar-refractivity contribution >= 4 is 0 Å². The van der Waals surface area contributed by atoms with Gasteiger partial charge in [-0.25, -0.2) is 0 Å². The number of benzene rings is 1. The normalized spacial score (nSPS) is 24.4. The first-order chi connectivity index (χ1) is 10.3. The topological polar surface area (TPSA) is 24.5 Å². The Morgan fingerprint density at radius 1 is 1.29 bits per heavy atom. The maximum Gasteiger partial charge on any atom is 0.119 e. The summed E-state index contributed by atoms with van der Waals surface area (Å²) < 4.78 is 5.43. The number of hydrogen-bond acceptors (Lipinski definition) is 3. The van der Waals surface area contributed by atoms with Gasteiger partial charge in [-0.05, 0) is 62.0 Å². The molecule has 1 N–H and O–H groups in total. The molecule has 0 spiro atoms. The van der Waals surface area contributed by atoms with Crippen molar-refractivity contribution in [3.05, 3.63) is 29.3 Å². The van der Waals surface area contributed by atoms with Crippen molar-refractivity contribution in [1.82, 2.24) is 10.2 Å². The van der Waals surface area contributed by atoms with Crippen molar-refractivity contribution in [3.63, 3.8) is 0 Å². The molecule has 1 aromatic rings. The highest BCUT2D eigenvalue weighted by molar-refractivity contribution is 5.43. The first-order valence-electron chi connectivity index (χ1n) is 8.44. The molecule has 0 saturated heterocycles. The number of nitrogens with one attached hydrogen (secondary N) is 1. The van der Waals surface area contributed by atoms with Gasteiger partial charge >= 0.3 is 0 Å². The molecule has 0 amide bonds. The standard InChI is InChI=1S/C18H28N2O/c1-4-10-19-18-16-12-15(21-3)9-6-13(16)11-17(18)20(5-2)14-7-8-14/h6,9,12,14,17-19H,4-5,7-8,10-11H2,1-3H3. The Balaban J connectivity index is 1.87. The van der Waals surface area contributed by atoms with E-state index in [0.717, 1.165) is 24.9 Å². The van der Waals surface area contributed by atoms with Crippen LogP contribution in [-0.2, 0) is 6.42 Å². The molecule has 2 unspecified atom stereocenters. The summed E-state index contributed by atoms with van der Waals surface area (Å²) in [6.45, 7) is 6.78. The Labute approximate surface area is 128 Å². The molecule has 1 aromatic carbocycles. The fourth-order valence-corrected chi connectivity index (χ4v) is 3.75. The second-order valence-electron chi connectivity index (χ2n) is 6.33. The first-order valence-corrected chi connectivity index (χ1v) is 8.44. The minimum atomic E-state index is 0.454. The summed E-state index contributed by atoms with van der Waals surface area (Å²) in [5, 5.41) is 3.79. The maximum absolute atomic E-state index is 5.43. The van der Waals surface area contributed by atoms with E-state index >= 15 is 0 Å². The number of methoxy groups -OCH3 is 1. The molecule has 1 saturated carbocycles. The van der Waals surface area contributed by atoms with Gasteiger partial charge in [-0.1, -0.05) is 19.9 Å². The van der Waals surface area contributed by atoms with E-state index in [0.29, 0.717) is 12.1 Å². The second-order valence-corrected chi connectivity index (χ2v) is 6.33. The lowest BCUT2D eigenvalue weighted by Crippen LogP contribution is -2.44. The van der Waals surface area contributed by atoms with Crippen LogP contribution in [0.3, 0.4) is 0 Å². The highest BCUT2D eigenvalue weighted by Crippen LogP contribution is 2.40. The highest BCUT2D eigenvalue weighted by Gasteiger charge is 2.41. The van der Waals surface area contributed by atoms with Crippen LogP contribution in [0, 0.1) is 0 Å². The Hall–Kier alpha value is -1.06. The number of likely N-dealkylation sites (N-methyl/N-ethyl adjacent to an activating group) is 1. The molecule has 0 aromatic heterocycles. The average molecular weight is 288 g/mol. The molecule has 3 rings (SSSR count). The summed E-state index contributed by atoms with van der Waals surface area (Å²) in [6.07, 6.45) is 5.11. The van der Waals surface area contributed by atoms with E-state index in [1.54, 1.807) is 7.11 Å². The van der Waals surface area contributed by atoms with Crippen LogP contribution in [-0.4, -0.2) is 37.2 Å². The minimum Gasteiger partial charge on any atom is -0.497 e. The average Bonchev–Trinajstić information content (AvgIpc) is 3.28. The lowest BCUT2D eigenvalue weighted by molar-refractivity contribution is 0.165.